The van der Waals surface area contributed by atoms with E-state index < -0.39 is 5.97 Å². The predicted octanol–water partition coefficient (Wildman–Crippen LogP) is 2.05. The van der Waals surface area contributed by atoms with E-state index in [1.807, 2.05) is 10.9 Å². The van der Waals surface area contributed by atoms with Crippen molar-refractivity contribution in [3.63, 3.8) is 0 Å². The number of aromatic nitrogens is 2. The Bertz CT molecular complexity index is 332. The molecule has 1 N–H and O–H groups in total. The van der Waals surface area contributed by atoms with Crippen molar-refractivity contribution >= 4 is 18.4 Å². The number of halogens is 1. The third kappa shape index (κ3) is 2.96. The molecule has 84 valence electrons. The molecule has 1 aliphatic rings. The van der Waals surface area contributed by atoms with Crippen LogP contribution in [0.15, 0.2) is 12.3 Å². The Hall–Kier alpha value is -1.03. The number of nitrogens with zero attached hydrogens (tertiary/aromatic N) is 2. The topological polar surface area (TPSA) is 55.1 Å². The molecule has 2 rings (SSSR count). The molecule has 4 nitrogen and oxygen atoms in total. The van der Waals surface area contributed by atoms with Gasteiger partial charge in [0.1, 0.15) is 0 Å². The summed E-state index contributed by atoms with van der Waals surface area (Å²) < 4.78 is 1.92. The molecular weight excluding hydrogens is 216 g/mol. The third-order valence-electron chi connectivity index (χ3n) is 2.69. The molecule has 0 aromatic carbocycles. The molecule has 15 heavy (non-hydrogen) atoms. The van der Waals surface area contributed by atoms with E-state index >= 15 is 0 Å². The van der Waals surface area contributed by atoms with Gasteiger partial charge in [0.25, 0.3) is 0 Å². The van der Waals surface area contributed by atoms with Crippen molar-refractivity contribution in [1.82, 2.24) is 9.78 Å². The molecule has 0 bridgehead atoms. The normalized spacial score (nSPS) is 16.3. The fraction of sp³-hybridized carbons (Fsp3) is 0.600. The first-order valence-electron chi connectivity index (χ1n) is 5.01. The molecular formula is C10H15ClN2O2. The van der Waals surface area contributed by atoms with Gasteiger partial charge in [-0.3, -0.25) is 9.48 Å². The highest BCUT2D eigenvalue weighted by atomic mass is 35.5. The molecule has 0 spiro atoms. The molecule has 0 amide bonds. The molecule has 0 atom stereocenters. The van der Waals surface area contributed by atoms with Crippen LogP contribution in [0.25, 0.3) is 0 Å². The van der Waals surface area contributed by atoms with Gasteiger partial charge in [-0.1, -0.05) is 12.8 Å². The van der Waals surface area contributed by atoms with Gasteiger partial charge >= 0.3 is 5.97 Å². The quantitative estimate of drug-likeness (QED) is 0.865. The number of rotatable bonds is 3. The predicted molar refractivity (Wildman–Crippen MR) is 58.3 cm³/mol. The van der Waals surface area contributed by atoms with E-state index in [0.29, 0.717) is 11.7 Å². The van der Waals surface area contributed by atoms with E-state index in [1.165, 1.54) is 25.7 Å². The fourth-order valence-electron chi connectivity index (χ4n) is 2.00. The Morgan fingerprint density at radius 1 is 1.53 bits per heavy atom. The van der Waals surface area contributed by atoms with Gasteiger partial charge in [0.2, 0.25) is 0 Å². The van der Waals surface area contributed by atoms with Gasteiger partial charge in [-0.15, -0.1) is 12.4 Å². The first kappa shape index (κ1) is 12.0. The van der Waals surface area contributed by atoms with Crippen LogP contribution >= 0.6 is 12.4 Å². The average molecular weight is 231 g/mol. The smallest absolute Gasteiger partial charge is 0.309 e. The highest BCUT2D eigenvalue weighted by Gasteiger charge is 2.17. The van der Waals surface area contributed by atoms with Crippen LogP contribution in [-0.4, -0.2) is 20.9 Å². The zero-order chi connectivity index (χ0) is 9.97. The molecule has 0 saturated heterocycles. The number of carboxylic acid groups (broad SMARTS) is 1. The minimum absolute atomic E-state index is 0. The van der Waals surface area contributed by atoms with Gasteiger partial charge in [-0.05, 0) is 18.9 Å². The zero-order valence-electron chi connectivity index (χ0n) is 8.43. The summed E-state index contributed by atoms with van der Waals surface area (Å²) in [6.45, 7) is 0. The number of carboxylic acids is 1. The first-order valence-corrected chi connectivity index (χ1v) is 5.01. The van der Waals surface area contributed by atoms with E-state index in [4.69, 9.17) is 5.11 Å². The van der Waals surface area contributed by atoms with Gasteiger partial charge in [-0.2, -0.15) is 5.10 Å². The summed E-state index contributed by atoms with van der Waals surface area (Å²) in [7, 11) is 0. The van der Waals surface area contributed by atoms with Crippen molar-refractivity contribution in [3.05, 3.63) is 18.0 Å². The van der Waals surface area contributed by atoms with Crippen LogP contribution in [0.4, 0.5) is 0 Å². The maximum Gasteiger partial charge on any atom is 0.309 e. The zero-order valence-corrected chi connectivity index (χ0v) is 9.24. The van der Waals surface area contributed by atoms with Crippen molar-refractivity contribution < 1.29 is 9.90 Å². The molecule has 0 unspecified atom stereocenters. The van der Waals surface area contributed by atoms with Crippen LogP contribution in [0.2, 0.25) is 0 Å². The Morgan fingerprint density at radius 2 is 2.20 bits per heavy atom. The summed E-state index contributed by atoms with van der Waals surface area (Å²) in [4.78, 5) is 10.4. The Balaban J connectivity index is 0.00000112. The molecule has 1 heterocycles. The molecule has 1 aromatic rings. The summed E-state index contributed by atoms with van der Waals surface area (Å²) >= 11 is 0. The summed E-state index contributed by atoms with van der Waals surface area (Å²) in [5.74, 6) is -0.818. The lowest BCUT2D eigenvalue weighted by Crippen LogP contribution is -2.07. The Kier molecular flexibility index (Phi) is 4.15. The average Bonchev–Trinajstić information content (AvgIpc) is 2.69. The highest BCUT2D eigenvalue weighted by Crippen LogP contribution is 2.28. The van der Waals surface area contributed by atoms with Crippen LogP contribution in [0.5, 0.6) is 0 Å². The highest BCUT2D eigenvalue weighted by molar-refractivity contribution is 5.85. The second-order valence-electron chi connectivity index (χ2n) is 3.80. The molecule has 0 radical (unpaired) electrons. The van der Waals surface area contributed by atoms with Gasteiger partial charge < -0.3 is 5.11 Å². The second kappa shape index (κ2) is 5.16. The fourth-order valence-corrected chi connectivity index (χ4v) is 2.00. The van der Waals surface area contributed by atoms with Crippen LogP contribution in [0.3, 0.4) is 0 Å². The SMILES string of the molecule is Cl.O=C(O)Cc1ccn(C2CCCC2)n1. The molecule has 1 aromatic heterocycles. The van der Waals surface area contributed by atoms with Crippen molar-refractivity contribution in [2.24, 2.45) is 0 Å². The van der Waals surface area contributed by atoms with Gasteiger partial charge in [0.15, 0.2) is 0 Å². The van der Waals surface area contributed by atoms with E-state index in [-0.39, 0.29) is 18.8 Å². The monoisotopic (exact) mass is 230 g/mol. The van der Waals surface area contributed by atoms with E-state index in [2.05, 4.69) is 5.10 Å². The molecule has 5 heteroatoms. The molecule has 1 fully saturated rings. The van der Waals surface area contributed by atoms with Gasteiger partial charge in [-0.25, -0.2) is 0 Å². The Labute approximate surface area is 94.7 Å². The van der Waals surface area contributed by atoms with Crippen molar-refractivity contribution in [1.29, 1.82) is 0 Å². The molecule has 1 aliphatic carbocycles. The Morgan fingerprint density at radius 3 is 2.80 bits per heavy atom. The second-order valence-corrected chi connectivity index (χ2v) is 3.80. The maximum absolute atomic E-state index is 10.4. The lowest BCUT2D eigenvalue weighted by atomic mass is 10.3. The summed E-state index contributed by atoms with van der Waals surface area (Å²) in [6.07, 6.45) is 6.80. The van der Waals surface area contributed by atoms with E-state index in [1.54, 1.807) is 6.07 Å². The first-order chi connectivity index (χ1) is 6.75. The van der Waals surface area contributed by atoms with Gasteiger partial charge in [0, 0.05) is 6.20 Å². The maximum atomic E-state index is 10.4. The summed E-state index contributed by atoms with van der Waals surface area (Å²) in [5, 5.41) is 12.9. The summed E-state index contributed by atoms with van der Waals surface area (Å²) in [6, 6.07) is 2.30. The lowest BCUT2D eigenvalue weighted by Gasteiger charge is -2.08. The van der Waals surface area contributed by atoms with Crippen molar-refractivity contribution in [2.45, 2.75) is 38.1 Å². The van der Waals surface area contributed by atoms with Crippen molar-refractivity contribution in [2.75, 3.05) is 0 Å². The third-order valence-corrected chi connectivity index (χ3v) is 2.69. The number of aliphatic carboxylic acids is 1. The molecule has 0 aliphatic heterocycles. The lowest BCUT2D eigenvalue weighted by molar-refractivity contribution is -0.136. The largest absolute Gasteiger partial charge is 0.481 e. The van der Waals surface area contributed by atoms with E-state index in [9.17, 15) is 4.79 Å². The van der Waals surface area contributed by atoms with Crippen LogP contribution in [0.1, 0.15) is 37.4 Å². The van der Waals surface area contributed by atoms with Gasteiger partial charge in [0.05, 0.1) is 18.2 Å². The van der Waals surface area contributed by atoms with E-state index in [0.717, 1.165) is 0 Å². The van der Waals surface area contributed by atoms with Crippen LogP contribution in [-0.2, 0) is 11.2 Å². The molecule has 1 saturated carbocycles. The number of carbonyl (C=O) groups is 1. The number of hydrogen-bond donors (Lipinski definition) is 1. The van der Waals surface area contributed by atoms with Crippen molar-refractivity contribution in [3.8, 4) is 0 Å². The summed E-state index contributed by atoms with van der Waals surface area (Å²) in [5.41, 5.74) is 0.657. The number of hydrogen-bond acceptors (Lipinski definition) is 2. The van der Waals surface area contributed by atoms with Crippen LogP contribution < -0.4 is 0 Å². The van der Waals surface area contributed by atoms with Crippen LogP contribution in [0, 0.1) is 0 Å². The minimum atomic E-state index is -0.818. The standard InChI is InChI=1S/C10H14N2O2.ClH/c13-10(14)7-8-5-6-12(11-8)9-3-1-2-4-9;/h5-6,9H,1-4,7H2,(H,13,14);1H. The minimum Gasteiger partial charge on any atom is -0.481 e.